The number of thiocarbonyl (C=S) groups is 1. The number of hydrogen-bond acceptors (Lipinski definition) is 5. The first-order valence-electron chi connectivity index (χ1n) is 4.94. The fourth-order valence-electron chi connectivity index (χ4n) is 1.18. The summed E-state index contributed by atoms with van der Waals surface area (Å²) in [6, 6.07) is 5.58. The van der Waals surface area contributed by atoms with E-state index in [-0.39, 0.29) is 10.0 Å². The van der Waals surface area contributed by atoms with Crippen molar-refractivity contribution in [2.75, 3.05) is 5.75 Å². The molecule has 4 N–H and O–H groups in total. The molecule has 0 aliphatic heterocycles. The summed E-state index contributed by atoms with van der Waals surface area (Å²) in [6.45, 7) is 0. The Bertz CT molecular complexity index is 608. The number of rotatable bonds is 5. The van der Waals surface area contributed by atoms with Gasteiger partial charge in [0.25, 0.3) is 0 Å². The molecule has 0 fully saturated rings. The molecule has 9 heteroatoms. The number of sulfone groups is 1. The van der Waals surface area contributed by atoms with E-state index in [4.69, 9.17) is 10.8 Å². The summed E-state index contributed by atoms with van der Waals surface area (Å²) in [5.74, 6) is -2.34. The lowest BCUT2D eigenvalue weighted by Gasteiger charge is -2.01. The van der Waals surface area contributed by atoms with Crippen molar-refractivity contribution < 1.29 is 18.3 Å². The zero-order valence-electron chi connectivity index (χ0n) is 9.61. The standard InChI is InChI=1S/C10H11N3O4S2/c11-10(18)13-12-5-7-1-3-8(4-2-7)19(16,17)6-9(14)15/h1-5H,6H2,(H,14,15)(H3,11,13,18)/b12-5-. The first-order chi connectivity index (χ1) is 8.81. The predicted molar refractivity (Wildman–Crippen MR) is 73.6 cm³/mol. The van der Waals surface area contributed by atoms with Crippen LogP contribution >= 0.6 is 12.2 Å². The van der Waals surface area contributed by atoms with Gasteiger partial charge in [-0.25, -0.2) is 8.42 Å². The van der Waals surface area contributed by atoms with Gasteiger partial charge in [0.2, 0.25) is 0 Å². The second kappa shape index (κ2) is 6.25. The van der Waals surface area contributed by atoms with Gasteiger partial charge in [-0.3, -0.25) is 10.2 Å². The van der Waals surface area contributed by atoms with Crippen molar-refractivity contribution >= 4 is 39.4 Å². The topological polar surface area (TPSA) is 122 Å². The Kier molecular flexibility index (Phi) is 4.95. The first kappa shape index (κ1) is 15.1. The summed E-state index contributed by atoms with van der Waals surface area (Å²) in [5.41, 5.74) is 8.11. The van der Waals surface area contributed by atoms with Crippen molar-refractivity contribution in [3.63, 3.8) is 0 Å². The predicted octanol–water partition coefficient (Wildman–Crippen LogP) is -0.288. The minimum absolute atomic E-state index is 0.0110. The SMILES string of the molecule is NC(=S)N/N=C\c1ccc(S(=O)(=O)CC(=O)O)cc1. The molecule has 1 rings (SSSR count). The average molecular weight is 301 g/mol. The molecule has 0 saturated heterocycles. The van der Waals surface area contributed by atoms with Crippen LogP contribution in [-0.4, -0.2) is 36.6 Å². The minimum atomic E-state index is -3.81. The number of carboxylic acid groups (broad SMARTS) is 1. The number of nitrogens with one attached hydrogen (secondary N) is 1. The highest BCUT2D eigenvalue weighted by Crippen LogP contribution is 2.11. The van der Waals surface area contributed by atoms with Crippen LogP contribution in [0.3, 0.4) is 0 Å². The van der Waals surface area contributed by atoms with Gasteiger partial charge in [0, 0.05) is 0 Å². The second-order valence-electron chi connectivity index (χ2n) is 3.46. The van der Waals surface area contributed by atoms with Crippen LogP contribution in [0.2, 0.25) is 0 Å². The van der Waals surface area contributed by atoms with E-state index in [1.54, 1.807) is 0 Å². The maximum absolute atomic E-state index is 11.6. The van der Waals surface area contributed by atoms with Crippen LogP contribution < -0.4 is 11.2 Å². The van der Waals surface area contributed by atoms with Gasteiger partial charge < -0.3 is 10.8 Å². The van der Waals surface area contributed by atoms with Gasteiger partial charge >= 0.3 is 5.97 Å². The summed E-state index contributed by atoms with van der Waals surface area (Å²) in [6.07, 6.45) is 1.40. The zero-order valence-corrected chi connectivity index (χ0v) is 11.2. The van der Waals surface area contributed by atoms with Gasteiger partial charge in [-0.05, 0) is 29.9 Å². The maximum Gasteiger partial charge on any atom is 0.319 e. The number of hydrazone groups is 1. The highest BCUT2D eigenvalue weighted by Gasteiger charge is 2.18. The molecule has 0 atom stereocenters. The van der Waals surface area contributed by atoms with E-state index < -0.39 is 21.6 Å². The molecule has 0 aromatic heterocycles. The van der Waals surface area contributed by atoms with E-state index in [1.165, 1.54) is 30.5 Å². The number of aliphatic carboxylic acids is 1. The zero-order chi connectivity index (χ0) is 14.5. The van der Waals surface area contributed by atoms with Crippen molar-refractivity contribution in [2.24, 2.45) is 10.8 Å². The Balaban J connectivity index is 2.85. The number of benzene rings is 1. The third kappa shape index (κ3) is 5.02. The molecule has 1 aromatic rings. The average Bonchev–Trinajstić information content (AvgIpc) is 2.27. The number of nitrogens with two attached hydrogens (primary N) is 1. The molecule has 19 heavy (non-hydrogen) atoms. The van der Waals surface area contributed by atoms with E-state index in [2.05, 4.69) is 22.7 Å². The molecular formula is C10H11N3O4S2. The molecule has 1 aromatic carbocycles. The molecule has 0 unspecified atom stereocenters. The molecular weight excluding hydrogens is 290 g/mol. The van der Waals surface area contributed by atoms with Crippen LogP contribution in [0.1, 0.15) is 5.56 Å². The summed E-state index contributed by atoms with van der Waals surface area (Å²) in [4.78, 5) is 10.4. The monoisotopic (exact) mass is 301 g/mol. The number of nitrogens with zero attached hydrogens (tertiary/aromatic N) is 1. The summed E-state index contributed by atoms with van der Waals surface area (Å²) in [7, 11) is -3.81. The van der Waals surface area contributed by atoms with Crippen molar-refractivity contribution in [1.82, 2.24) is 5.43 Å². The first-order valence-corrected chi connectivity index (χ1v) is 7.00. The fraction of sp³-hybridized carbons (Fsp3) is 0.100. The van der Waals surface area contributed by atoms with Crippen molar-refractivity contribution in [2.45, 2.75) is 4.90 Å². The molecule has 0 saturated carbocycles. The third-order valence-electron chi connectivity index (χ3n) is 1.94. The summed E-state index contributed by atoms with van der Waals surface area (Å²) < 4.78 is 23.2. The third-order valence-corrected chi connectivity index (χ3v) is 3.65. The molecule has 0 bridgehead atoms. The molecule has 0 heterocycles. The summed E-state index contributed by atoms with van der Waals surface area (Å²) in [5, 5.41) is 12.2. The number of carboxylic acids is 1. The van der Waals surface area contributed by atoms with Crippen LogP contribution in [-0.2, 0) is 14.6 Å². The maximum atomic E-state index is 11.6. The lowest BCUT2D eigenvalue weighted by molar-refractivity contribution is -0.134. The number of carbonyl (C=O) groups is 1. The molecule has 102 valence electrons. The Morgan fingerprint density at radius 1 is 1.42 bits per heavy atom. The molecule has 0 spiro atoms. The van der Waals surface area contributed by atoms with E-state index in [1.807, 2.05) is 0 Å². The molecule has 0 amide bonds. The largest absolute Gasteiger partial charge is 0.480 e. The smallest absolute Gasteiger partial charge is 0.319 e. The normalized spacial score (nSPS) is 11.4. The van der Waals surface area contributed by atoms with Crippen LogP contribution in [0.15, 0.2) is 34.3 Å². The molecule has 0 radical (unpaired) electrons. The van der Waals surface area contributed by atoms with Crippen LogP contribution in [0.4, 0.5) is 0 Å². The molecule has 7 nitrogen and oxygen atoms in total. The highest BCUT2D eigenvalue weighted by atomic mass is 32.2. The van der Waals surface area contributed by atoms with Gasteiger partial charge in [0.05, 0.1) is 11.1 Å². The fourth-order valence-corrected chi connectivity index (χ4v) is 2.27. The van der Waals surface area contributed by atoms with E-state index in [9.17, 15) is 13.2 Å². The van der Waals surface area contributed by atoms with Gasteiger partial charge in [-0.1, -0.05) is 12.1 Å². The van der Waals surface area contributed by atoms with E-state index in [0.717, 1.165) is 0 Å². The van der Waals surface area contributed by atoms with Crippen LogP contribution in [0, 0.1) is 0 Å². The molecule has 0 aliphatic carbocycles. The van der Waals surface area contributed by atoms with E-state index >= 15 is 0 Å². The second-order valence-corrected chi connectivity index (χ2v) is 5.89. The summed E-state index contributed by atoms with van der Waals surface area (Å²) >= 11 is 4.54. The molecule has 0 aliphatic rings. The lowest BCUT2D eigenvalue weighted by atomic mass is 10.2. The van der Waals surface area contributed by atoms with Crippen molar-refractivity contribution in [3.05, 3.63) is 29.8 Å². The highest BCUT2D eigenvalue weighted by molar-refractivity contribution is 7.92. The Morgan fingerprint density at radius 2 is 2.00 bits per heavy atom. The van der Waals surface area contributed by atoms with Crippen molar-refractivity contribution in [3.8, 4) is 0 Å². The van der Waals surface area contributed by atoms with Crippen molar-refractivity contribution in [1.29, 1.82) is 0 Å². The van der Waals surface area contributed by atoms with Crippen LogP contribution in [0.25, 0.3) is 0 Å². The van der Waals surface area contributed by atoms with Crippen LogP contribution in [0.5, 0.6) is 0 Å². The Hall–Kier alpha value is -2.00. The van der Waals surface area contributed by atoms with Gasteiger partial charge in [-0.15, -0.1) is 0 Å². The number of hydrogen-bond donors (Lipinski definition) is 3. The van der Waals surface area contributed by atoms with E-state index in [0.29, 0.717) is 5.56 Å². The Morgan fingerprint density at radius 3 is 2.47 bits per heavy atom. The van der Waals surface area contributed by atoms with Gasteiger partial charge in [-0.2, -0.15) is 5.10 Å². The van der Waals surface area contributed by atoms with Gasteiger partial charge in [0.1, 0.15) is 0 Å². The Labute approximate surface area is 115 Å². The van der Waals surface area contributed by atoms with Gasteiger partial charge in [0.15, 0.2) is 20.7 Å². The lowest BCUT2D eigenvalue weighted by Crippen LogP contribution is -2.23. The minimum Gasteiger partial charge on any atom is -0.480 e. The quantitative estimate of drug-likeness (QED) is 0.388.